The molecule has 1 aromatic carbocycles. The van der Waals surface area contributed by atoms with E-state index in [9.17, 15) is 4.79 Å². The third-order valence-corrected chi connectivity index (χ3v) is 3.47. The average molecular weight is 292 g/mol. The van der Waals surface area contributed by atoms with Gasteiger partial charge in [0.2, 0.25) is 5.91 Å². The lowest BCUT2D eigenvalue weighted by atomic mass is 10.1. The zero-order valence-electron chi connectivity index (χ0n) is 13.2. The maximum absolute atomic E-state index is 11.9. The van der Waals surface area contributed by atoms with Gasteiger partial charge in [0.25, 0.3) is 0 Å². The fourth-order valence-electron chi connectivity index (χ4n) is 2.17. The molecule has 0 bridgehead atoms. The second-order valence-corrected chi connectivity index (χ2v) is 5.38. The minimum Gasteiger partial charge on any atom is -0.369 e. The van der Waals surface area contributed by atoms with Crippen LogP contribution in [0.4, 0.5) is 5.69 Å². The molecule has 0 aliphatic heterocycles. The Balaban J connectivity index is 2.27. The van der Waals surface area contributed by atoms with Crippen molar-refractivity contribution in [3.63, 3.8) is 0 Å². The molecular formula is C17H28N2O2. The molecule has 0 aliphatic carbocycles. The summed E-state index contributed by atoms with van der Waals surface area (Å²) in [5.74, 6) is -0.128. The second kappa shape index (κ2) is 10.4. The average Bonchev–Trinajstić information content (AvgIpc) is 2.50. The number of nitrogens with two attached hydrogens (primary N) is 1. The van der Waals surface area contributed by atoms with E-state index in [0.717, 1.165) is 24.1 Å². The van der Waals surface area contributed by atoms with E-state index in [1.807, 2.05) is 31.2 Å². The van der Waals surface area contributed by atoms with E-state index in [2.05, 4.69) is 12.2 Å². The van der Waals surface area contributed by atoms with Gasteiger partial charge in [-0.05, 0) is 25.0 Å². The number of benzene rings is 1. The van der Waals surface area contributed by atoms with Crippen molar-refractivity contribution in [2.24, 2.45) is 5.73 Å². The molecule has 1 aromatic rings. The van der Waals surface area contributed by atoms with Crippen LogP contribution < -0.4 is 11.1 Å². The Labute approximate surface area is 128 Å². The predicted molar refractivity (Wildman–Crippen MR) is 87.1 cm³/mol. The lowest BCUT2D eigenvalue weighted by molar-refractivity contribution is -0.122. The molecule has 118 valence electrons. The topological polar surface area (TPSA) is 64.3 Å². The normalized spacial score (nSPS) is 12.1. The molecule has 1 amide bonds. The van der Waals surface area contributed by atoms with Crippen LogP contribution in [0, 0.1) is 0 Å². The lowest BCUT2D eigenvalue weighted by Gasteiger charge is -2.14. The number of para-hydroxylation sites is 1. The van der Waals surface area contributed by atoms with Crippen LogP contribution in [0.15, 0.2) is 24.3 Å². The van der Waals surface area contributed by atoms with Crippen LogP contribution in [0.1, 0.15) is 51.5 Å². The summed E-state index contributed by atoms with van der Waals surface area (Å²) in [6.07, 6.45) is 6.03. The molecule has 0 aromatic heterocycles. The van der Waals surface area contributed by atoms with Crippen LogP contribution >= 0.6 is 0 Å². The van der Waals surface area contributed by atoms with E-state index < -0.39 is 0 Å². The van der Waals surface area contributed by atoms with Crippen LogP contribution in [0.3, 0.4) is 0 Å². The molecule has 0 saturated heterocycles. The maximum atomic E-state index is 11.9. The van der Waals surface area contributed by atoms with Gasteiger partial charge in [0.1, 0.15) is 6.61 Å². The largest absolute Gasteiger partial charge is 0.369 e. The standard InChI is InChI=1S/C17H28N2O2/c1-3-4-5-6-9-14(2)21-13-17(20)19-16-11-8-7-10-15(16)12-18/h7-8,10-11,14H,3-6,9,12-13,18H2,1-2H3,(H,19,20). The molecule has 4 nitrogen and oxygen atoms in total. The van der Waals surface area contributed by atoms with Crippen molar-refractivity contribution in [1.82, 2.24) is 0 Å². The summed E-state index contributed by atoms with van der Waals surface area (Å²) in [4.78, 5) is 11.9. The summed E-state index contributed by atoms with van der Waals surface area (Å²) < 4.78 is 5.59. The van der Waals surface area contributed by atoms with Crippen LogP contribution in [-0.2, 0) is 16.1 Å². The summed E-state index contributed by atoms with van der Waals surface area (Å²) in [5.41, 5.74) is 7.34. The van der Waals surface area contributed by atoms with Gasteiger partial charge in [-0.25, -0.2) is 0 Å². The van der Waals surface area contributed by atoms with Crippen LogP contribution in [0.2, 0.25) is 0 Å². The van der Waals surface area contributed by atoms with E-state index in [1.165, 1.54) is 19.3 Å². The SMILES string of the molecule is CCCCCCC(C)OCC(=O)Nc1ccccc1CN. The number of carbonyl (C=O) groups is 1. The van der Waals surface area contributed by atoms with Gasteiger partial charge in [0, 0.05) is 12.2 Å². The van der Waals surface area contributed by atoms with Crippen molar-refractivity contribution in [3.8, 4) is 0 Å². The highest BCUT2D eigenvalue weighted by molar-refractivity contribution is 5.92. The Morgan fingerprint density at radius 1 is 1.29 bits per heavy atom. The van der Waals surface area contributed by atoms with E-state index in [-0.39, 0.29) is 18.6 Å². The first-order chi connectivity index (χ1) is 10.2. The second-order valence-electron chi connectivity index (χ2n) is 5.38. The molecule has 0 spiro atoms. The molecule has 4 heteroatoms. The first kappa shape index (κ1) is 17.7. The number of ether oxygens (including phenoxy) is 1. The molecule has 1 rings (SSSR count). The molecule has 0 fully saturated rings. The number of anilines is 1. The van der Waals surface area contributed by atoms with Crippen molar-refractivity contribution in [3.05, 3.63) is 29.8 Å². The molecule has 1 atom stereocenters. The van der Waals surface area contributed by atoms with Crippen molar-refractivity contribution >= 4 is 11.6 Å². The molecule has 0 radical (unpaired) electrons. The molecule has 0 aliphatic rings. The highest BCUT2D eigenvalue weighted by Gasteiger charge is 2.08. The summed E-state index contributed by atoms with van der Waals surface area (Å²) in [6.45, 7) is 4.72. The third kappa shape index (κ3) is 7.25. The predicted octanol–water partition coefficient (Wildman–Crippen LogP) is 3.46. The fourth-order valence-corrected chi connectivity index (χ4v) is 2.17. The lowest BCUT2D eigenvalue weighted by Crippen LogP contribution is -2.22. The van der Waals surface area contributed by atoms with Crippen LogP contribution in [0.5, 0.6) is 0 Å². The number of amides is 1. The molecular weight excluding hydrogens is 264 g/mol. The van der Waals surface area contributed by atoms with E-state index in [0.29, 0.717) is 6.54 Å². The Bertz CT molecular complexity index is 421. The Kier molecular flexibility index (Phi) is 8.71. The van der Waals surface area contributed by atoms with E-state index >= 15 is 0 Å². The Hall–Kier alpha value is -1.39. The number of hydrogen-bond donors (Lipinski definition) is 2. The van der Waals surface area contributed by atoms with Gasteiger partial charge in [0.15, 0.2) is 0 Å². The zero-order valence-corrected chi connectivity index (χ0v) is 13.2. The van der Waals surface area contributed by atoms with Crippen molar-refractivity contribution in [2.45, 2.75) is 58.6 Å². The molecule has 0 heterocycles. The molecule has 3 N–H and O–H groups in total. The fraction of sp³-hybridized carbons (Fsp3) is 0.588. The van der Waals surface area contributed by atoms with Crippen molar-refractivity contribution in [2.75, 3.05) is 11.9 Å². The van der Waals surface area contributed by atoms with Gasteiger partial charge in [-0.1, -0.05) is 50.8 Å². The number of hydrogen-bond acceptors (Lipinski definition) is 3. The quantitative estimate of drug-likeness (QED) is 0.649. The van der Waals surface area contributed by atoms with Crippen molar-refractivity contribution < 1.29 is 9.53 Å². The summed E-state index contributed by atoms with van der Waals surface area (Å²) >= 11 is 0. The minimum atomic E-state index is -0.128. The summed E-state index contributed by atoms with van der Waals surface area (Å²) in [6, 6.07) is 7.56. The Morgan fingerprint density at radius 3 is 2.76 bits per heavy atom. The number of unbranched alkanes of at least 4 members (excludes halogenated alkanes) is 3. The van der Waals surface area contributed by atoms with E-state index in [4.69, 9.17) is 10.5 Å². The van der Waals surface area contributed by atoms with Crippen molar-refractivity contribution in [1.29, 1.82) is 0 Å². The minimum absolute atomic E-state index is 0.0911. The van der Waals surface area contributed by atoms with Crippen LogP contribution in [0.25, 0.3) is 0 Å². The first-order valence-corrected chi connectivity index (χ1v) is 7.86. The van der Waals surface area contributed by atoms with Gasteiger partial charge >= 0.3 is 0 Å². The Morgan fingerprint density at radius 2 is 2.05 bits per heavy atom. The highest BCUT2D eigenvalue weighted by atomic mass is 16.5. The smallest absolute Gasteiger partial charge is 0.250 e. The van der Waals surface area contributed by atoms with Gasteiger partial charge in [-0.3, -0.25) is 4.79 Å². The summed E-state index contributed by atoms with van der Waals surface area (Å²) in [5, 5.41) is 2.85. The number of rotatable bonds is 10. The number of carbonyl (C=O) groups excluding carboxylic acids is 1. The van der Waals surface area contributed by atoms with Crippen LogP contribution in [-0.4, -0.2) is 18.6 Å². The van der Waals surface area contributed by atoms with Gasteiger partial charge in [-0.2, -0.15) is 0 Å². The highest BCUT2D eigenvalue weighted by Crippen LogP contribution is 2.14. The van der Waals surface area contributed by atoms with E-state index in [1.54, 1.807) is 0 Å². The maximum Gasteiger partial charge on any atom is 0.250 e. The zero-order chi connectivity index (χ0) is 15.5. The number of nitrogens with one attached hydrogen (secondary N) is 1. The summed E-state index contributed by atoms with van der Waals surface area (Å²) in [7, 11) is 0. The van der Waals surface area contributed by atoms with Gasteiger partial charge in [0.05, 0.1) is 6.10 Å². The first-order valence-electron chi connectivity index (χ1n) is 7.86. The van der Waals surface area contributed by atoms with Gasteiger partial charge in [-0.15, -0.1) is 0 Å². The molecule has 0 saturated carbocycles. The third-order valence-electron chi connectivity index (χ3n) is 3.47. The molecule has 21 heavy (non-hydrogen) atoms. The monoisotopic (exact) mass is 292 g/mol. The molecule has 1 unspecified atom stereocenters. The van der Waals surface area contributed by atoms with Gasteiger partial charge < -0.3 is 15.8 Å².